The summed E-state index contributed by atoms with van der Waals surface area (Å²) in [5, 5.41) is 15.7. The molecule has 0 aliphatic carbocycles. The highest BCUT2D eigenvalue weighted by Crippen LogP contribution is 2.26. The Hall–Kier alpha value is -5.48. The minimum Gasteiger partial charge on any atom is -0.508 e. The van der Waals surface area contributed by atoms with Crippen LogP contribution in [0.2, 0.25) is 0 Å². The van der Waals surface area contributed by atoms with Crippen LogP contribution in [-0.2, 0) is 51.4 Å². The number of benzene rings is 4. The van der Waals surface area contributed by atoms with Gasteiger partial charge in [0.15, 0.2) is 0 Å². The molecule has 4 atom stereocenters. The summed E-state index contributed by atoms with van der Waals surface area (Å²) in [5.41, 5.74) is 18.2. The second kappa shape index (κ2) is 15.6. The maximum atomic E-state index is 14.2. The molecule has 10 nitrogen and oxygen atoms in total. The number of aryl methyl sites for hydroxylation is 2. The van der Waals surface area contributed by atoms with E-state index in [0.717, 1.165) is 38.9 Å². The first kappa shape index (κ1) is 34.8. The third-order valence-electron chi connectivity index (χ3n) is 9.11. The molecule has 0 aromatic heterocycles. The summed E-state index contributed by atoms with van der Waals surface area (Å²) in [6.45, 7) is 3.88. The first-order valence-electron chi connectivity index (χ1n) is 16.4. The Bertz CT molecular complexity index is 1790. The number of nitrogens with zero attached hydrogens (tertiary/aromatic N) is 1. The topological polar surface area (TPSA) is 168 Å². The smallest absolute Gasteiger partial charge is 0.243 e. The van der Waals surface area contributed by atoms with E-state index in [1.54, 1.807) is 12.1 Å². The molecule has 0 bridgehead atoms. The summed E-state index contributed by atoms with van der Waals surface area (Å²) in [5.74, 6) is -2.04. The molecule has 4 aromatic carbocycles. The summed E-state index contributed by atoms with van der Waals surface area (Å²) in [6, 6.07) is 25.3. The number of hydrogen-bond acceptors (Lipinski definition) is 6. The molecule has 1 aliphatic heterocycles. The van der Waals surface area contributed by atoms with Gasteiger partial charge in [-0.3, -0.25) is 19.2 Å². The van der Waals surface area contributed by atoms with E-state index in [9.17, 15) is 24.3 Å². The largest absolute Gasteiger partial charge is 0.508 e. The third kappa shape index (κ3) is 8.71. The summed E-state index contributed by atoms with van der Waals surface area (Å²) in [4.78, 5) is 56.0. The number of carbonyl (C=O) groups excluding carboxylic acids is 4. The maximum Gasteiger partial charge on any atom is 0.243 e. The van der Waals surface area contributed by atoms with E-state index in [1.165, 1.54) is 4.90 Å². The Morgan fingerprint density at radius 3 is 1.88 bits per heavy atom. The number of amides is 4. The maximum absolute atomic E-state index is 14.2. The fourth-order valence-corrected chi connectivity index (χ4v) is 6.47. The van der Waals surface area contributed by atoms with Crippen molar-refractivity contribution in [1.29, 1.82) is 0 Å². The number of nitrogens with two attached hydrogens (primary N) is 2. The van der Waals surface area contributed by atoms with Crippen LogP contribution in [-0.4, -0.2) is 57.8 Å². The number of aromatic hydroxyl groups is 1. The molecule has 0 spiro atoms. The predicted molar refractivity (Wildman–Crippen MR) is 187 cm³/mol. The molecule has 1 aliphatic rings. The molecule has 1 heterocycles. The van der Waals surface area contributed by atoms with Crippen molar-refractivity contribution in [3.63, 3.8) is 0 Å². The average Bonchev–Trinajstić information content (AvgIpc) is 3.09. The van der Waals surface area contributed by atoms with Gasteiger partial charge in [0.25, 0.3) is 0 Å². The molecular weight excluding hydrogens is 618 g/mol. The summed E-state index contributed by atoms with van der Waals surface area (Å²) in [6.07, 6.45) is 0.784. The van der Waals surface area contributed by atoms with E-state index < -0.39 is 47.8 Å². The third-order valence-corrected chi connectivity index (χ3v) is 9.11. The van der Waals surface area contributed by atoms with Crippen LogP contribution in [0, 0.1) is 13.8 Å². The van der Waals surface area contributed by atoms with Gasteiger partial charge in [-0.05, 0) is 71.3 Å². The van der Waals surface area contributed by atoms with Gasteiger partial charge in [0.05, 0.1) is 6.04 Å². The molecule has 7 N–H and O–H groups in total. The first-order chi connectivity index (χ1) is 23.5. The molecule has 0 saturated carbocycles. The minimum absolute atomic E-state index is 0.138. The van der Waals surface area contributed by atoms with Crippen molar-refractivity contribution in [3.8, 4) is 5.75 Å². The monoisotopic (exact) mass is 661 g/mol. The van der Waals surface area contributed by atoms with Crippen LogP contribution in [0.15, 0.2) is 97.1 Å². The highest BCUT2D eigenvalue weighted by atomic mass is 16.3. The Kier molecular flexibility index (Phi) is 11.1. The molecule has 0 unspecified atom stereocenters. The Labute approximate surface area is 286 Å². The van der Waals surface area contributed by atoms with E-state index in [4.69, 9.17) is 11.5 Å². The minimum atomic E-state index is -1.07. The van der Waals surface area contributed by atoms with Crippen LogP contribution in [0.1, 0.15) is 38.9 Å². The van der Waals surface area contributed by atoms with Crippen LogP contribution in [0.5, 0.6) is 5.75 Å². The summed E-state index contributed by atoms with van der Waals surface area (Å²) < 4.78 is 0. The second-order valence-corrected chi connectivity index (χ2v) is 12.7. The van der Waals surface area contributed by atoms with Crippen molar-refractivity contribution in [3.05, 3.63) is 136 Å². The number of fused-ring (bicyclic) bond motifs is 1. The van der Waals surface area contributed by atoms with Crippen molar-refractivity contribution < 1.29 is 24.3 Å². The molecule has 4 amide bonds. The molecular formula is C39H43N5O5. The zero-order chi connectivity index (χ0) is 35.1. The van der Waals surface area contributed by atoms with Crippen molar-refractivity contribution in [1.82, 2.24) is 15.5 Å². The highest BCUT2D eigenvalue weighted by Gasteiger charge is 2.38. The number of rotatable bonds is 12. The van der Waals surface area contributed by atoms with E-state index in [-0.39, 0.29) is 38.0 Å². The number of primary amides is 1. The fourth-order valence-electron chi connectivity index (χ4n) is 6.47. The Morgan fingerprint density at radius 1 is 0.776 bits per heavy atom. The molecule has 0 fully saturated rings. The molecule has 10 heteroatoms. The zero-order valence-electron chi connectivity index (χ0n) is 27.8. The van der Waals surface area contributed by atoms with Gasteiger partial charge in [-0.1, -0.05) is 84.9 Å². The Balaban J connectivity index is 1.40. The van der Waals surface area contributed by atoms with Gasteiger partial charge in [0.2, 0.25) is 23.6 Å². The number of nitrogens with one attached hydrogen (secondary N) is 2. The highest BCUT2D eigenvalue weighted by molar-refractivity contribution is 5.95. The van der Waals surface area contributed by atoms with Gasteiger partial charge >= 0.3 is 0 Å². The lowest BCUT2D eigenvalue weighted by atomic mass is 9.91. The average molecular weight is 662 g/mol. The van der Waals surface area contributed by atoms with Crippen LogP contribution in [0.3, 0.4) is 0 Å². The van der Waals surface area contributed by atoms with E-state index in [0.29, 0.717) is 0 Å². The first-order valence-corrected chi connectivity index (χ1v) is 16.4. The van der Waals surface area contributed by atoms with Crippen LogP contribution in [0.25, 0.3) is 0 Å². The normalized spacial score (nSPS) is 15.7. The lowest BCUT2D eigenvalue weighted by Gasteiger charge is -2.38. The molecule has 254 valence electrons. The van der Waals surface area contributed by atoms with Gasteiger partial charge in [-0.25, -0.2) is 0 Å². The molecule has 0 saturated heterocycles. The predicted octanol–water partition coefficient (Wildman–Crippen LogP) is 2.77. The van der Waals surface area contributed by atoms with Gasteiger partial charge in [-0.15, -0.1) is 0 Å². The summed E-state index contributed by atoms with van der Waals surface area (Å²) >= 11 is 0. The van der Waals surface area contributed by atoms with Crippen molar-refractivity contribution in [2.24, 2.45) is 11.5 Å². The van der Waals surface area contributed by atoms with Crippen molar-refractivity contribution in [2.75, 3.05) is 0 Å². The van der Waals surface area contributed by atoms with Gasteiger partial charge in [-0.2, -0.15) is 0 Å². The fraction of sp³-hybridized carbons (Fsp3) is 0.282. The van der Waals surface area contributed by atoms with Crippen LogP contribution in [0.4, 0.5) is 0 Å². The van der Waals surface area contributed by atoms with Crippen LogP contribution >= 0.6 is 0 Å². The Morgan fingerprint density at radius 2 is 1.31 bits per heavy atom. The van der Waals surface area contributed by atoms with E-state index in [1.807, 2.05) is 98.8 Å². The lowest BCUT2D eigenvalue weighted by Crippen LogP contribution is -2.60. The number of hydrogen-bond donors (Lipinski definition) is 5. The van der Waals surface area contributed by atoms with Crippen LogP contribution < -0.4 is 22.1 Å². The second-order valence-electron chi connectivity index (χ2n) is 12.7. The van der Waals surface area contributed by atoms with Gasteiger partial charge in [0, 0.05) is 25.8 Å². The quantitative estimate of drug-likeness (QED) is 0.157. The van der Waals surface area contributed by atoms with Gasteiger partial charge in [0.1, 0.15) is 23.9 Å². The molecule has 5 rings (SSSR count). The number of carbonyl (C=O) groups is 4. The van der Waals surface area contributed by atoms with E-state index >= 15 is 0 Å². The molecule has 0 radical (unpaired) electrons. The van der Waals surface area contributed by atoms with Crippen molar-refractivity contribution in [2.45, 2.75) is 70.2 Å². The van der Waals surface area contributed by atoms with Gasteiger partial charge < -0.3 is 32.1 Å². The summed E-state index contributed by atoms with van der Waals surface area (Å²) in [7, 11) is 0. The lowest BCUT2D eigenvalue weighted by molar-refractivity contribution is -0.143. The molecule has 4 aromatic rings. The van der Waals surface area contributed by atoms with Crippen molar-refractivity contribution >= 4 is 23.6 Å². The SMILES string of the molecule is Cc1cc(O)cc(C)c1C[C@H](N)C(=O)N1Cc2ccccc2C[C@H]1C(=O)N[C@@H](Cc1ccccc1)C(=O)N[C@@H](Cc1ccccc1)C(N)=O. The number of phenolic OH excluding ortho intramolecular Hbond substituents is 1. The molecule has 49 heavy (non-hydrogen) atoms. The number of phenols is 1. The zero-order valence-corrected chi connectivity index (χ0v) is 27.8. The standard InChI is InChI=1S/C39H43N5O5/c1-24-17-30(45)18-25(2)31(24)22-32(40)39(49)44-23-29-16-10-9-15-28(29)21-35(44)38(48)43-34(20-27-13-7-4-8-14-27)37(47)42-33(36(41)46)19-26-11-5-3-6-12-26/h3-18,32-35,45H,19-23,40H2,1-2H3,(H2,41,46)(H,42,47)(H,43,48)/t32-,33-,34-,35-/m0/s1. The van der Waals surface area contributed by atoms with E-state index in [2.05, 4.69) is 10.6 Å².